The van der Waals surface area contributed by atoms with Crippen molar-refractivity contribution in [3.8, 4) is 11.5 Å². The minimum absolute atomic E-state index is 0.142. The van der Waals surface area contributed by atoms with E-state index in [1.54, 1.807) is 42.5 Å². The molecule has 2 unspecified atom stereocenters. The number of carbonyl (C=O) groups is 1. The Hall–Kier alpha value is -3.83. The summed E-state index contributed by atoms with van der Waals surface area (Å²) in [4.78, 5) is 13.5. The summed E-state index contributed by atoms with van der Waals surface area (Å²) in [5, 5.41) is 9.66. The molecule has 2 aliphatic rings. The van der Waals surface area contributed by atoms with Crippen molar-refractivity contribution in [2.24, 2.45) is 5.10 Å². The number of hydrogen-bond donors (Lipinski definition) is 0. The fraction of sp³-hybridized carbons (Fsp3) is 0.143. The van der Waals surface area contributed by atoms with Gasteiger partial charge in [-0.3, -0.25) is 4.79 Å². The first-order chi connectivity index (χ1) is 16.6. The Morgan fingerprint density at radius 2 is 1.79 bits per heavy atom. The quantitative estimate of drug-likeness (QED) is 0.332. The molecule has 6 heteroatoms. The monoisotopic (exact) mass is 468 g/mol. The molecule has 168 valence electrons. The Balaban J connectivity index is 1.41. The topological polar surface area (TPSA) is 51.1 Å². The number of Topliss-reactive ketones (excluding diaryl/α,β-unsaturated/α-hetero) is 1. The van der Waals surface area contributed by atoms with Gasteiger partial charge in [-0.1, -0.05) is 48.0 Å². The highest BCUT2D eigenvalue weighted by atomic mass is 35.5. The van der Waals surface area contributed by atoms with E-state index in [0.717, 1.165) is 22.2 Å². The number of rotatable bonds is 4. The Morgan fingerprint density at radius 3 is 2.59 bits per heavy atom. The van der Waals surface area contributed by atoms with E-state index in [4.69, 9.17) is 26.2 Å². The second kappa shape index (κ2) is 8.19. The van der Waals surface area contributed by atoms with Crippen LogP contribution in [0, 0.1) is 0 Å². The molecule has 2 heterocycles. The lowest BCUT2D eigenvalue weighted by Gasteiger charge is -2.37. The van der Waals surface area contributed by atoms with Crippen LogP contribution in [0.1, 0.15) is 33.9 Å². The summed E-state index contributed by atoms with van der Waals surface area (Å²) in [5.74, 6) is 1.20. The molecule has 0 saturated carbocycles. The number of nitrogens with zero attached hydrogens (tertiary/aromatic N) is 2. The molecule has 0 bridgehead atoms. The van der Waals surface area contributed by atoms with Crippen molar-refractivity contribution in [2.45, 2.75) is 18.7 Å². The minimum Gasteiger partial charge on any atom is -0.497 e. The number of halogens is 1. The Bertz CT molecular complexity index is 1450. The molecule has 34 heavy (non-hydrogen) atoms. The maximum Gasteiger partial charge on any atom is 0.251 e. The molecule has 5 nitrogen and oxygen atoms in total. The molecule has 0 aromatic heterocycles. The van der Waals surface area contributed by atoms with Crippen LogP contribution in [0.4, 0.5) is 0 Å². The van der Waals surface area contributed by atoms with Gasteiger partial charge in [0.15, 0.2) is 0 Å². The van der Waals surface area contributed by atoms with Crippen LogP contribution in [0.15, 0.2) is 90.0 Å². The van der Waals surface area contributed by atoms with Crippen molar-refractivity contribution in [1.82, 2.24) is 5.01 Å². The summed E-state index contributed by atoms with van der Waals surface area (Å²) < 4.78 is 11.4. The van der Waals surface area contributed by atoms with Gasteiger partial charge in [-0.2, -0.15) is 5.10 Å². The van der Waals surface area contributed by atoms with Gasteiger partial charge in [0.25, 0.3) is 6.23 Å². The molecule has 0 aliphatic carbocycles. The van der Waals surface area contributed by atoms with E-state index in [0.29, 0.717) is 28.5 Å². The van der Waals surface area contributed by atoms with Crippen LogP contribution in [0.25, 0.3) is 10.8 Å². The average molecular weight is 469 g/mol. The number of methoxy groups -OCH3 is 1. The summed E-state index contributed by atoms with van der Waals surface area (Å²) in [6.07, 6.45) is -0.216. The molecular weight excluding hydrogens is 448 g/mol. The van der Waals surface area contributed by atoms with Crippen LogP contribution in [-0.2, 0) is 0 Å². The Morgan fingerprint density at radius 1 is 1.00 bits per heavy atom. The average Bonchev–Trinajstić information content (AvgIpc) is 3.33. The SMILES string of the molecule is COc1ccc(C(=O)C2Oc3ccc(Cl)cc3C3CC(c4ccc5ccccc5c4)=NN23)cc1. The van der Waals surface area contributed by atoms with Crippen molar-refractivity contribution in [3.05, 3.63) is 107 Å². The smallest absolute Gasteiger partial charge is 0.251 e. The lowest BCUT2D eigenvalue weighted by Crippen LogP contribution is -2.45. The van der Waals surface area contributed by atoms with Gasteiger partial charge in [0.05, 0.1) is 18.9 Å². The number of hydrazone groups is 1. The van der Waals surface area contributed by atoms with Crippen molar-refractivity contribution in [1.29, 1.82) is 0 Å². The third-order valence-electron chi connectivity index (χ3n) is 6.43. The highest BCUT2D eigenvalue weighted by Gasteiger charge is 2.43. The molecule has 0 amide bonds. The second-order valence-corrected chi connectivity index (χ2v) is 8.89. The number of benzene rings is 4. The molecule has 0 fully saturated rings. The van der Waals surface area contributed by atoms with E-state index in [1.165, 1.54) is 5.39 Å². The first-order valence-corrected chi connectivity index (χ1v) is 11.5. The van der Waals surface area contributed by atoms with Crippen molar-refractivity contribution < 1.29 is 14.3 Å². The first-order valence-electron chi connectivity index (χ1n) is 11.1. The van der Waals surface area contributed by atoms with E-state index in [1.807, 2.05) is 24.3 Å². The molecule has 4 aromatic carbocycles. The summed E-state index contributed by atoms with van der Waals surface area (Å²) in [5.41, 5.74) is 3.43. The summed E-state index contributed by atoms with van der Waals surface area (Å²) in [6, 6.07) is 27.0. The molecule has 0 saturated heterocycles. The van der Waals surface area contributed by atoms with Gasteiger partial charge in [-0.25, -0.2) is 5.01 Å². The fourth-order valence-corrected chi connectivity index (χ4v) is 4.85. The van der Waals surface area contributed by atoms with E-state index in [9.17, 15) is 4.79 Å². The predicted molar refractivity (Wildman–Crippen MR) is 133 cm³/mol. The number of hydrogen-bond acceptors (Lipinski definition) is 5. The molecule has 0 spiro atoms. The van der Waals surface area contributed by atoms with Gasteiger partial charge in [0, 0.05) is 22.6 Å². The normalized spacial score (nSPS) is 18.6. The first kappa shape index (κ1) is 20.8. The maximum absolute atomic E-state index is 13.5. The van der Waals surface area contributed by atoms with Crippen molar-refractivity contribution in [3.63, 3.8) is 0 Å². The standard InChI is InChI=1S/C28H21ClN2O3/c1-33-22-11-8-18(9-12-22)27(32)28-31-25(23-15-21(29)10-13-26(23)34-28)16-24(30-31)20-7-6-17-4-2-3-5-19(17)14-20/h2-15,25,28H,16H2,1H3. The third kappa shape index (κ3) is 3.49. The van der Waals surface area contributed by atoms with Crippen LogP contribution in [0.3, 0.4) is 0 Å². The Labute approximate surface area is 202 Å². The van der Waals surface area contributed by atoms with Crippen LogP contribution >= 0.6 is 11.6 Å². The molecule has 6 rings (SSSR count). The highest BCUT2D eigenvalue weighted by Crippen LogP contribution is 2.44. The summed E-state index contributed by atoms with van der Waals surface area (Å²) in [7, 11) is 1.60. The van der Waals surface area contributed by atoms with Crippen molar-refractivity contribution in [2.75, 3.05) is 7.11 Å². The highest BCUT2D eigenvalue weighted by molar-refractivity contribution is 6.30. The Kier molecular flexibility index (Phi) is 5.00. The number of ether oxygens (including phenoxy) is 2. The lowest BCUT2D eigenvalue weighted by molar-refractivity contribution is -0.00455. The number of fused-ring (bicyclic) bond motifs is 4. The molecule has 4 aromatic rings. The van der Waals surface area contributed by atoms with Crippen LogP contribution in [0.2, 0.25) is 5.02 Å². The van der Waals surface area contributed by atoms with Gasteiger partial charge >= 0.3 is 0 Å². The summed E-state index contributed by atoms with van der Waals surface area (Å²) in [6.45, 7) is 0. The maximum atomic E-state index is 13.5. The zero-order valence-corrected chi connectivity index (χ0v) is 19.2. The molecule has 0 N–H and O–H groups in total. The zero-order chi connectivity index (χ0) is 23.2. The number of ketones is 1. The van der Waals surface area contributed by atoms with Crippen LogP contribution in [-0.4, -0.2) is 29.8 Å². The lowest BCUT2D eigenvalue weighted by atomic mass is 9.95. The number of carbonyl (C=O) groups excluding carboxylic acids is 1. The zero-order valence-electron chi connectivity index (χ0n) is 18.4. The summed E-state index contributed by atoms with van der Waals surface area (Å²) >= 11 is 6.32. The van der Waals surface area contributed by atoms with Crippen LogP contribution in [0.5, 0.6) is 11.5 Å². The molecule has 0 radical (unpaired) electrons. The van der Waals surface area contributed by atoms with E-state index in [2.05, 4.69) is 30.3 Å². The van der Waals surface area contributed by atoms with Gasteiger partial charge in [-0.05, 0) is 64.9 Å². The molecule has 2 atom stereocenters. The van der Waals surface area contributed by atoms with Gasteiger partial charge < -0.3 is 9.47 Å². The largest absolute Gasteiger partial charge is 0.497 e. The fourth-order valence-electron chi connectivity index (χ4n) is 4.67. The van der Waals surface area contributed by atoms with Crippen LogP contribution < -0.4 is 9.47 Å². The van der Waals surface area contributed by atoms with E-state index >= 15 is 0 Å². The van der Waals surface area contributed by atoms with E-state index in [-0.39, 0.29) is 11.8 Å². The molecule has 2 aliphatic heterocycles. The van der Waals surface area contributed by atoms with Gasteiger partial charge in [0.1, 0.15) is 11.5 Å². The second-order valence-electron chi connectivity index (χ2n) is 8.45. The van der Waals surface area contributed by atoms with E-state index < -0.39 is 6.23 Å². The van der Waals surface area contributed by atoms with Crippen molar-refractivity contribution >= 4 is 33.9 Å². The predicted octanol–water partition coefficient (Wildman–Crippen LogP) is 6.25. The molecular formula is C28H21ClN2O3. The minimum atomic E-state index is -0.870. The third-order valence-corrected chi connectivity index (χ3v) is 6.67. The van der Waals surface area contributed by atoms with Gasteiger partial charge in [-0.15, -0.1) is 0 Å². The van der Waals surface area contributed by atoms with Gasteiger partial charge in [0.2, 0.25) is 5.78 Å².